The third-order valence-electron chi connectivity index (χ3n) is 3.63. The fourth-order valence-electron chi connectivity index (χ4n) is 2.29. The minimum atomic E-state index is 0.357. The van der Waals surface area contributed by atoms with Gasteiger partial charge < -0.3 is 15.8 Å². The summed E-state index contributed by atoms with van der Waals surface area (Å²) in [6.07, 6.45) is 2.34. The minimum absolute atomic E-state index is 0.357. The van der Waals surface area contributed by atoms with Crippen molar-refractivity contribution < 1.29 is 4.74 Å². The van der Waals surface area contributed by atoms with E-state index in [1.165, 1.54) is 17.5 Å². The van der Waals surface area contributed by atoms with E-state index in [1.54, 1.807) is 0 Å². The normalized spacial score (nSPS) is 10.4. The van der Waals surface area contributed by atoms with Crippen molar-refractivity contribution in [2.45, 2.75) is 13.3 Å². The largest absolute Gasteiger partial charge is 0.437 e. The standard InChI is InChI=1S/C19H20N4O/c1-14-7-9-16(10-8-14)24-19-17(20)18(22-13-23-19)21-12-11-15-5-3-2-4-6-15/h2-10,13H,11-12,20H2,1H3,(H,21,22,23). The van der Waals surface area contributed by atoms with Gasteiger partial charge in [0.15, 0.2) is 5.82 Å². The van der Waals surface area contributed by atoms with Crippen molar-refractivity contribution in [2.75, 3.05) is 17.6 Å². The molecule has 3 N–H and O–H groups in total. The SMILES string of the molecule is Cc1ccc(Oc2ncnc(NCCc3ccccc3)c2N)cc1. The lowest BCUT2D eigenvalue weighted by atomic mass is 10.1. The first-order valence-corrected chi connectivity index (χ1v) is 7.85. The van der Waals surface area contributed by atoms with Gasteiger partial charge in [0.05, 0.1) is 0 Å². The predicted molar refractivity (Wildman–Crippen MR) is 96.3 cm³/mol. The van der Waals surface area contributed by atoms with Gasteiger partial charge in [0.25, 0.3) is 0 Å². The highest BCUT2D eigenvalue weighted by molar-refractivity contribution is 5.67. The number of benzene rings is 2. The van der Waals surface area contributed by atoms with Crippen molar-refractivity contribution in [3.05, 3.63) is 72.1 Å². The molecule has 5 nitrogen and oxygen atoms in total. The third kappa shape index (κ3) is 4.01. The van der Waals surface area contributed by atoms with Gasteiger partial charge in [0, 0.05) is 6.54 Å². The lowest BCUT2D eigenvalue weighted by Gasteiger charge is -2.12. The maximum atomic E-state index is 6.13. The lowest BCUT2D eigenvalue weighted by molar-refractivity contribution is 0.464. The molecule has 3 rings (SSSR count). The van der Waals surface area contributed by atoms with E-state index in [0.717, 1.165) is 13.0 Å². The molecular formula is C19H20N4O. The lowest BCUT2D eigenvalue weighted by Crippen LogP contribution is -2.09. The van der Waals surface area contributed by atoms with E-state index in [2.05, 4.69) is 27.4 Å². The molecule has 2 aromatic carbocycles. The number of aryl methyl sites for hydroxylation is 1. The Morgan fingerprint density at radius 2 is 1.75 bits per heavy atom. The Bertz CT molecular complexity index is 788. The summed E-state index contributed by atoms with van der Waals surface area (Å²) in [5, 5.41) is 3.24. The number of nitrogens with two attached hydrogens (primary N) is 1. The van der Waals surface area contributed by atoms with Crippen LogP contribution in [0.25, 0.3) is 0 Å². The van der Waals surface area contributed by atoms with Gasteiger partial charge in [-0.15, -0.1) is 0 Å². The average molecular weight is 320 g/mol. The first-order valence-electron chi connectivity index (χ1n) is 7.85. The third-order valence-corrected chi connectivity index (χ3v) is 3.63. The summed E-state index contributed by atoms with van der Waals surface area (Å²) in [5.74, 6) is 1.64. The van der Waals surface area contributed by atoms with Crippen LogP contribution in [0.3, 0.4) is 0 Å². The molecule has 122 valence electrons. The predicted octanol–water partition coefficient (Wildman–Crippen LogP) is 3.81. The molecule has 5 heteroatoms. The molecule has 0 atom stereocenters. The summed E-state index contributed by atoms with van der Waals surface area (Å²) < 4.78 is 5.75. The zero-order chi connectivity index (χ0) is 16.8. The molecular weight excluding hydrogens is 300 g/mol. The summed E-state index contributed by atoms with van der Waals surface area (Å²) in [6.45, 7) is 2.76. The first-order chi connectivity index (χ1) is 11.7. The van der Waals surface area contributed by atoms with Crippen LogP contribution in [0.1, 0.15) is 11.1 Å². The van der Waals surface area contributed by atoms with Crippen LogP contribution < -0.4 is 15.8 Å². The van der Waals surface area contributed by atoms with Gasteiger partial charge in [-0.25, -0.2) is 4.98 Å². The average Bonchev–Trinajstić information content (AvgIpc) is 2.61. The number of hydrogen-bond donors (Lipinski definition) is 2. The van der Waals surface area contributed by atoms with Crippen LogP contribution in [-0.2, 0) is 6.42 Å². The van der Waals surface area contributed by atoms with Crippen LogP contribution in [0.15, 0.2) is 60.9 Å². The summed E-state index contributed by atoms with van der Waals surface area (Å²) >= 11 is 0. The second-order valence-electron chi connectivity index (χ2n) is 5.52. The van der Waals surface area contributed by atoms with Crippen molar-refractivity contribution >= 4 is 11.5 Å². The van der Waals surface area contributed by atoms with Gasteiger partial charge in [-0.05, 0) is 31.0 Å². The van der Waals surface area contributed by atoms with Crippen LogP contribution in [0, 0.1) is 6.92 Å². The number of anilines is 2. The molecule has 0 saturated heterocycles. The number of hydrogen-bond acceptors (Lipinski definition) is 5. The highest BCUT2D eigenvalue weighted by Crippen LogP contribution is 2.29. The number of aromatic nitrogens is 2. The van der Waals surface area contributed by atoms with Crippen molar-refractivity contribution in [2.24, 2.45) is 0 Å². The first kappa shape index (κ1) is 15.8. The van der Waals surface area contributed by atoms with Gasteiger partial charge in [0.1, 0.15) is 17.8 Å². The van der Waals surface area contributed by atoms with Gasteiger partial charge >= 0.3 is 0 Å². The van der Waals surface area contributed by atoms with E-state index >= 15 is 0 Å². The maximum absolute atomic E-state index is 6.13. The smallest absolute Gasteiger partial charge is 0.248 e. The Morgan fingerprint density at radius 3 is 2.50 bits per heavy atom. The molecule has 0 aliphatic heterocycles. The highest BCUT2D eigenvalue weighted by atomic mass is 16.5. The topological polar surface area (TPSA) is 73.1 Å². The Morgan fingerprint density at radius 1 is 1.00 bits per heavy atom. The van der Waals surface area contributed by atoms with Gasteiger partial charge in [-0.1, -0.05) is 48.0 Å². The fraction of sp³-hybridized carbons (Fsp3) is 0.158. The molecule has 0 radical (unpaired) electrons. The summed E-state index contributed by atoms with van der Waals surface area (Å²) in [6, 6.07) is 18.0. The molecule has 0 spiro atoms. The molecule has 0 aliphatic rings. The molecule has 0 amide bonds. The van der Waals surface area contributed by atoms with Gasteiger partial charge in [-0.2, -0.15) is 4.98 Å². The molecule has 3 aromatic rings. The molecule has 0 unspecified atom stereocenters. The summed E-state index contributed by atoms with van der Waals surface area (Å²) in [4.78, 5) is 8.32. The Hall–Kier alpha value is -3.08. The van der Waals surface area contributed by atoms with Crippen molar-refractivity contribution in [3.8, 4) is 11.6 Å². The van der Waals surface area contributed by atoms with Crippen LogP contribution in [-0.4, -0.2) is 16.5 Å². The van der Waals surface area contributed by atoms with Crippen LogP contribution in [0.5, 0.6) is 11.6 Å². The maximum Gasteiger partial charge on any atom is 0.248 e. The molecule has 0 aliphatic carbocycles. The molecule has 1 aromatic heterocycles. The minimum Gasteiger partial charge on any atom is -0.437 e. The zero-order valence-electron chi connectivity index (χ0n) is 13.6. The fourth-order valence-corrected chi connectivity index (χ4v) is 2.29. The van der Waals surface area contributed by atoms with E-state index in [-0.39, 0.29) is 0 Å². The molecule has 0 bridgehead atoms. The monoisotopic (exact) mass is 320 g/mol. The molecule has 0 fully saturated rings. The van der Waals surface area contributed by atoms with Gasteiger partial charge in [-0.3, -0.25) is 0 Å². The van der Waals surface area contributed by atoms with Crippen LogP contribution in [0.4, 0.5) is 11.5 Å². The van der Waals surface area contributed by atoms with E-state index in [0.29, 0.717) is 23.1 Å². The second-order valence-corrected chi connectivity index (χ2v) is 5.52. The number of nitrogens with one attached hydrogen (secondary N) is 1. The van der Waals surface area contributed by atoms with E-state index in [9.17, 15) is 0 Å². The highest BCUT2D eigenvalue weighted by Gasteiger charge is 2.10. The quantitative estimate of drug-likeness (QED) is 0.722. The summed E-state index contributed by atoms with van der Waals surface area (Å²) in [7, 11) is 0. The number of rotatable bonds is 6. The Labute approximate surface area is 141 Å². The number of nitrogen functional groups attached to an aromatic ring is 1. The molecule has 0 saturated carbocycles. The van der Waals surface area contributed by atoms with Crippen LogP contribution in [0.2, 0.25) is 0 Å². The molecule has 1 heterocycles. The van der Waals surface area contributed by atoms with E-state index in [1.807, 2.05) is 49.4 Å². The van der Waals surface area contributed by atoms with Gasteiger partial charge in [0.2, 0.25) is 5.88 Å². The van der Waals surface area contributed by atoms with Crippen molar-refractivity contribution in [1.29, 1.82) is 0 Å². The summed E-state index contributed by atoms with van der Waals surface area (Å²) in [5.41, 5.74) is 8.96. The second kappa shape index (κ2) is 7.46. The van der Waals surface area contributed by atoms with Crippen LogP contribution >= 0.6 is 0 Å². The molecule has 24 heavy (non-hydrogen) atoms. The Kier molecular flexibility index (Phi) is 4.91. The van der Waals surface area contributed by atoms with E-state index in [4.69, 9.17) is 10.5 Å². The van der Waals surface area contributed by atoms with Crippen molar-refractivity contribution in [3.63, 3.8) is 0 Å². The number of ether oxygens (including phenoxy) is 1. The Balaban J connectivity index is 1.65. The number of nitrogens with zero attached hydrogens (tertiary/aromatic N) is 2. The van der Waals surface area contributed by atoms with Crippen molar-refractivity contribution in [1.82, 2.24) is 9.97 Å². The van der Waals surface area contributed by atoms with E-state index < -0.39 is 0 Å². The zero-order valence-corrected chi connectivity index (χ0v) is 13.6.